The molecule has 0 radical (unpaired) electrons. The van der Waals surface area contributed by atoms with E-state index in [1.54, 1.807) is 18.3 Å². The van der Waals surface area contributed by atoms with Crippen LogP contribution in [-0.2, 0) is 17.4 Å². The number of halogens is 3. The fourth-order valence-electron chi connectivity index (χ4n) is 2.54. The van der Waals surface area contributed by atoms with E-state index in [4.69, 9.17) is 9.47 Å². The molecule has 0 bridgehead atoms. The third-order valence-corrected chi connectivity index (χ3v) is 5.43. The number of ether oxygens (including phenoxy) is 2. The molecule has 0 aliphatic carbocycles. The van der Waals surface area contributed by atoms with Gasteiger partial charge in [0.25, 0.3) is 0 Å². The molecule has 0 amide bonds. The molecule has 27 heavy (non-hydrogen) atoms. The molecule has 7 nitrogen and oxygen atoms in total. The van der Waals surface area contributed by atoms with Gasteiger partial charge in [0.15, 0.2) is 16.7 Å². The minimum Gasteiger partial charge on any atom is -0.493 e. The smallest absolute Gasteiger partial charge is 0.242 e. The van der Waals surface area contributed by atoms with Gasteiger partial charge >= 0.3 is 0 Å². The number of hydrogen-bond donors (Lipinski definition) is 2. The summed E-state index contributed by atoms with van der Waals surface area (Å²) in [4.78, 5) is 11.5. The second kappa shape index (κ2) is 8.17. The van der Waals surface area contributed by atoms with Crippen molar-refractivity contribution < 1.29 is 22.5 Å². The van der Waals surface area contributed by atoms with Crippen LogP contribution in [0.3, 0.4) is 0 Å². The normalized spacial score (nSPS) is 12.4. The summed E-state index contributed by atoms with van der Waals surface area (Å²) in [6.07, 6.45) is -0.252. The predicted octanol–water partition coefficient (Wildman–Crippen LogP) is 3.68. The topological polar surface area (TPSA) is 89.1 Å². The lowest BCUT2D eigenvalue weighted by Gasteiger charge is -2.09. The largest absolute Gasteiger partial charge is 0.493 e. The molecule has 11 heteroatoms. The van der Waals surface area contributed by atoms with Gasteiger partial charge in [-0.3, -0.25) is 4.72 Å². The highest BCUT2D eigenvalue weighted by Gasteiger charge is 2.18. The number of H-pyrrole nitrogens is 1. The quantitative estimate of drug-likeness (QED) is 0.561. The zero-order valence-electron chi connectivity index (χ0n) is 14.3. The monoisotopic (exact) mass is 460 g/mol. The van der Waals surface area contributed by atoms with Crippen LogP contribution in [0.2, 0.25) is 0 Å². The van der Waals surface area contributed by atoms with E-state index in [0.717, 1.165) is 4.47 Å². The molecule has 0 aliphatic rings. The second-order valence-corrected chi connectivity index (χ2v) is 7.39. The SMILES string of the molecule is COc1nc(NS(=O)c2c[nH]c3c(OC)c(Br)ccc23)ncc1CC(F)F. The van der Waals surface area contributed by atoms with Gasteiger partial charge in [0, 0.05) is 29.8 Å². The summed E-state index contributed by atoms with van der Waals surface area (Å²) in [6.45, 7) is 0. The average Bonchev–Trinajstić information content (AvgIpc) is 3.06. The molecule has 2 heterocycles. The summed E-state index contributed by atoms with van der Waals surface area (Å²) in [6, 6.07) is 3.58. The average molecular weight is 461 g/mol. The summed E-state index contributed by atoms with van der Waals surface area (Å²) in [5.74, 6) is 0.598. The third-order valence-electron chi connectivity index (χ3n) is 3.70. The molecule has 0 aliphatic heterocycles. The molecule has 1 atom stereocenters. The van der Waals surface area contributed by atoms with Crippen molar-refractivity contribution in [1.82, 2.24) is 15.0 Å². The lowest BCUT2D eigenvalue weighted by molar-refractivity contribution is 0.147. The Balaban J connectivity index is 1.89. The molecule has 3 rings (SSSR count). The lowest BCUT2D eigenvalue weighted by Crippen LogP contribution is -2.10. The molecular formula is C16H15BrF2N4O3S. The Bertz CT molecular complexity index is 999. The molecule has 144 valence electrons. The van der Waals surface area contributed by atoms with E-state index in [0.29, 0.717) is 21.5 Å². The minimum absolute atomic E-state index is 0.00151. The number of nitrogens with one attached hydrogen (secondary N) is 2. The van der Waals surface area contributed by atoms with Crippen molar-refractivity contribution in [3.8, 4) is 11.6 Å². The first-order valence-corrected chi connectivity index (χ1v) is 9.59. The van der Waals surface area contributed by atoms with Gasteiger partial charge in [-0.25, -0.2) is 18.0 Å². The molecular weight excluding hydrogens is 446 g/mol. The fraction of sp³-hybridized carbons (Fsp3) is 0.250. The molecule has 0 spiro atoms. The number of methoxy groups -OCH3 is 2. The van der Waals surface area contributed by atoms with Crippen LogP contribution in [0.4, 0.5) is 14.7 Å². The fourth-order valence-corrected chi connectivity index (χ4v) is 3.94. The molecule has 2 N–H and O–H groups in total. The second-order valence-electron chi connectivity index (χ2n) is 5.35. The van der Waals surface area contributed by atoms with Crippen molar-refractivity contribution in [3.05, 3.63) is 34.6 Å². The Hall–Kier alpha value is -2.27. The Morgan fingerprint density at radius 3 is 2.78 bits per heavy atom. The number of aromatic nitrogens is 3. The van der Waals surface area contributed by atoms with Gasteiger partial charge in [0.1, 0.15) is 0 Å². The number of anilines is 1. The minimum atomic E-state index is -2.55. The Kier molecular flexibility index (Phi) is 5.90. The van der Waals surface area contributed by atoms with E-state index in [-0.39, 0.29) is 17.4 Å². The van der Waals surface area contributed by atoms with Gasteiger partial charge in [-0.2, -0.15) is 4.98 Å². The number of rotatable bonds is 7. The van der Waals surface area contributed by atoms with Crippen LogP contribution in [0.1, 0.15) is 5.56 Å². The molecule has 1 unspecified atom stereocenters. The highest BCUT2D eigenvalue weighted by molar-refractivity contribution is 9.10. The standard InChI is InChI=1S/C16H15BrF2N4O3S/c1-25-14-10(17)4-3-9-11(7-20-13(9)14)27(24)23-16-21-6-8(5-12(18)19)15(22-16)26-2/h3-4,6-7,12,20H,5H2,1-2H3,(H,21,22,23). The predicted molar refractivity (Wildman–Crippen MR) is 101 cm³/mol. The zero-order valence-corrected chi connectivity index (χ0v) is 16.7. The number of benzene rings is 1. The summed E-state index contributed by atoms with van der Waals surface area (Å²) < 4.78 is 51.7. The summed E-state index contributed by atoms with van der Waals surface area (Å²) in [5, 5.41) is 0.696. The van der Waals surface area contributed by atoms with Gasteiger partial charge in [0.2, 0.25) is 18.3 Å². The summed E-state index contributed by atoms with van der Waals surface area (Å²) in [7, 11) is 1.16. The van der Waals surface area contributed by atoms with Crippen molar-refractivity contribution >= 4 is 43.8 Å². The third kappa shape index (κ3) is 4.03. The van der Waals surface area contributed by atoms with Gasteiger partial charge < -0.3 is 14.5 Å². The molecule has 1 aromatic carbocycles. The Labute approximate surface area is 164 Å². The van der Waals surface area contributed by atoms with Crippen LogP contribution in [-0.4, -0.2) is 39.8 Å². The number of aromatic amines is 1. The molecule has 2 aromatic heterocycles. The highest BCUT2D eigenvalue weighted by atomic mass is 79.9. The molecule has 3 aromatic rings. The van der Waals surface area contributed by atoms with Crippen LogP contribution in [0.25, 0.3) is 10.9 Å². The van der Waals surface area contributed by atoms with Crippen LogP contribution in [0.5, 0.6) is 11.6 Å². The first-order valence-electron chi connectivity index (χ1n) is 7.64. The summed E-state index contributed by atoms with van der Waals surface area (Å²) in [5.41, 5.74) is 0.855. The van der Waals surface area contributed by atoms with Crippen LogP contribution < -0.4 is 14.2 Å². The van der Waals surface area contributed by atoms with Crippen molar-refractivity contribution in [2.75, 3.05) is 18.9 Å². The zero-order chi connectivity index (χ0) is 19.6. The van der Waals surface area contributed by atoms with Crippen molar-refractivity contribution in [1.29, 1.82) is 0 Å². The van der Waals surface area contributed by atoms with Crippen molar-refractivity contribution in [2.24, 2.45) is 0 Å². The van der Waals surface area contributed by atoms with Gasteiger partial charge in [-0.05, 0) is 22.0 Å². The molecule has 0 saturated carbocycles. The van der Waals surface area contributed by atoms with Gasteiger partial charge in [-0.1, -0.05) is 6.07 Å². The van der Waals surface area contributed by atoms with E-state index in [1.807, 2.05) is 0 Å². The van der Waals surface area contributed by atoms with Crippen molar-refractivity contribution in [2.45, 2.75) is 17.7 Å². The lowest BCUT2D eigenvalue weighted by atomic mass is 10.2. The Morgan fingerprint density at radius 2 is 2.11 bits per heavy atom. The molecule has 0 saturated heterocycles. The molecule has 0 fully saturated rings. The first kappa shape index (κ1) is 19.5. The first-order chi connectivity index (χ1) is 12.9. The number of alkyl halides is 2. The van der Waals surface area contributed by atoms with Crippen LogP contribution in [0.15, 0.2) is 33.9 Å². The Morgan fingerprint density at radius 1 is 1.33 bits per heavy atom. The maximum Gasteiger partial charge on any atom is 0.242 e. The highest BCUT2D eigenvalue weighted by Crippen LogP contribution is 2.35. The van der Waals surface area contributed by atoms with E-state index in [9.17, 15) is 13.0 Å². The van der Waals surface area contributed by atoms with E-state index in [1.165, 1.54) is 20.4 Å². The van der Waals surface area contributed by atoms with E-state index >= 15 is 0 Å². The number of fused-ring (bicyclic) bond motifs is 1. The van der Waals surface area contributed by atoms with Crippen LogP contribution in [0, 0.1) is 0 Å². The number of hydrogen-bond acceptors (Lipinski definition) is 5. The van der Waals surface area contributed by atoms with Crippen molar-refractivity contribution in [3.63, 3.8) is 0 Å². The van der Waals surface area contributed by atoms with Crippen LogP contribution >= 0.6 is 15.9 Å². The number of nitrogens with zero attached hydrogens (tertiary/aromatic N) is 2. The maximum absolute atomic E-state index is 12.7. The summed E-state index contributed by atoms with van der Waals surface area (Å²) >= 11 is 3.39. The van der Waals surface area contributed by atoms with E-state index < -0.39 is 23.8 Å². The maximum atomic E-state index is 12.7. The van der Waals surface area contributed by atoms with Gasteiger partial charge in [-0.15, -0.1) is 0 Å². The van der Waals surface area contributed by atoms with E-state index in [2.05, 4.69) is 35.6 Å². The van der Waals surface area contributed by atoms with Gasteiger partial charge in [0.05, 0.1) is 29.1 Å².